The Bertz CT molecular complexity index is 2290. The molecule has 1 aliphatic rings. The molecule has 14 nitrogen and oxygen atoms in total. The summed E-state index contributed by atoms with van der Waals surface area (Å²) in [6.07, 6.45) is 12.5. The van der Waals surface area contributed by atoms with Gasteiger partial charge in [0, 0.05) is 42.5 Å². The van der Waals surface area contributed by atoms with Crippen LogP contribution in [0, 0.1) is 6.92 Å². The number of nitrogens with zero attached hydrogens (tertiary/aromatic N) is 1. The van der Waals surface area contributed by atoms with Gasteiger partial charge in [-0.3, -0.25) is 18.2 Å². The van der Waals surface area contributed by atoms with Crippen molar-refractivity contribution in [2.45, 2.75) is 67.1 Å². The van der Waals surface area contributed by atoms with Gasteiger partial charge in [0.05, 0.1) is 21.3 Å². The lowest BCUT2D eigenvalue weighted by Crippen LogP contribution is -2.30. The first kappa shape index (κ1) is 44.9. The Balaban J connectivity index is 1.99. The lowest BCUT2D eigenvalue weighted by Gasteiger charge is -2.33. The Morgan fingerprint density at radius 1 is 0.833 bits per heavy atom. The quantitative estimate of drug-likeness (QED) is 0.0996. The van der Waals surface area contributed by atoms with Gasteiger partial charge in [-0.05, 0) is 98.2 Å². The predicted molar refractivity (Wildman–Crippen MR) is 207 cm³/mol. The Morgan fingerprint density at radius 2 is 1.39 bits per heavy atom. The molecule has 3 rings (SSSR count). The largest absolute Gasteiger partial charge is 0.385 e. The average Bonchev–Trinajstić information content (AvgIpc) is 3.27. The van der Waals surface area contributed by atoms with Crippen LogP contribution < -0.4 is 4.90 Å². The minimum Gasteiger partial charge on any atom is -0.385 e. The predicted octanol–water partition coefficient (Wildman–Crippen LogP) is 5.62. The van der Waals surface area contributed by atoms with E-state index in [0.717, 1.165) is 5.56 Å². The van der Waals surface area contributed by atoms with E-state index in [9.17, 15) is 51.9 Å². The fourth-order valence-corrected chi connectivity index (χ4v) is 8.55. The molecule has 18 heteroatoms. The smallest absolute Gasteiger partial charge is 0.294 e. The molecular weight excluding hydrogens is 783 g/mol. The maximum absolute atomic E-state index is 12.1. The number of methoxy groups -OCH3 is 1. The molecular formula is C36H47NO13S4. The number of hydrogen-bond donors (Lipinski definition) is 4. The first-order valence-electron chi connectivity index (χ1n) is 16.6. The summed E-state index contributed by atoms with van der Waals surface area (Å²) in [5.74, 6) is -1.13. The van der Waals surface area contributed by atoms with Crippen LogP contribution in [0.1, 0.15) is 56.2 Å². The van der Waals surface area contributed by atoms with Gasteiger partial charge in [0.15, 0.2) is 0 Å². The first-order chi connectivity index (χ1) is 24.8. The molecule has 2 atom stereocenters. The van der Waals surface area contributed by atoms with Crippen LogP contribution in [-0.2, 0) is 56.0 Å². The van der Waals surface area contributed by atoms with Crippen molar-refractivity contribution in [1.82, 2.24) is 0 Å². The highest BCUT2D eigenvalue weighted by Gasteiger charge is 2.43. The van der Waals surface area contributed by atoms with E-state index in [-0.39, 0.29) is 30.7 Å². The van der Waals surface area contributed by atoms with Crippen molar-refractivity contribution in [2.75, 3.05) is 36.7 Å². The van der Waals surface area contributed by atoms with E-state index in [1.54, 1.807) is 67.5 Å². The lowest BCUT2D eigenvalue weighted by atomic mass is 9.72. The molecule has 0 saturated heterocycles. The van der Waals surface area contributed by atoms with Gasteiger partial charge in [-0.15, -0.1) is 0 Å². The molecule has 2 aromatic carbocycles. The summed E-state index contributed by atoms with van der Waals surface area (Å²) in [5.41, 5.74) is 1.70. The maximum Gasteiger partial charge on any atom is 0.294 e. The average molecular weight is 830 g/mol. The van der Waals surface area contributed by atoms with Crippen LogP contribution in [0.25, 0.3) is 0 Å². The third-order valence-electron chi connectivity index (χ3n) is 9.48. The number of allylic oxidation sites excluding steroid dienone is 9. The number of ether oxygens (including phenoxy) is 1. The van der Waals surface area contributed by atoms with E-state index >= 15 is 0 Å². The molecule has 0 aromatic heterocycles. The van der Waals surface area contributed by atoms with E-state index < -0.39 is 67.7 Å². The second-order valence-corrected chi connectivity index (χ2v) is 19.4. The van der Waals surface area contributed by atoms with Crippen LogP contribution in [0.3, 0.4) is 0 Å². The van der Waals surface area contributed by atoms with Crippen LogP contribution in [0.15, 0.2) is 107 Å². The van der Waals surface area contributed by atoms with Gasteiger partial charge in [-0.1, -0.05) is 56.0 Å². The number of anilines is 1. The standard InChI is InChI=1S/C36H47NO13S4/c1-27-15-16-29(53(44,45)46)25-31(27)35(3,20-22-50-5)28(2)13-9-7-6-8-10-14-34-36(4,19-11-23-51(38,39)40)32-26-30(54(47,48)49)17-18-33(32)37(34)21-12-24-52(41,42)43/h6-10,13-18,25-26H,2,11-12,19-24H2,1,3-5H3,(H,38,39,40)(H,41,42,43)(H,44,45,46)(H,47,48,49)/b7-6+,10-8+,13-9+,34-14+. The minimum atomic E-state index is -4.63. The molecule has 0 spiro atoms. The van der Waals surface area contributed by atoms with Crippen LogP contribution in [0.5, 0.6) is 0 Å². The highest BCUT2D eigenvalue weighted by molar-refractivity contribution is 7.86. The van der Waals surface area contributed by atoms with Crippen molar-refractivity contribution < 1.29 is 56.6 Å². The summed E-state index contributed by atoms with van der Waals surface area (Å²) in [6.45, 7) is 10.1. The SMILES string of the molecule is C=C(/C=C/C=C/C=C/C=C1/N(CCCS(=O)(=O)O)c2ccc(S(=O)(=O)O)cc2C1(C)CCCS(=O)(=O)O)C(C)(CCOC)c1cc(S(=O)(=O)O)ccc1C. The molecule has 0 amide bonds. The molecule has 0 radical (unpaired) electrons. The van der Waals surface area contributed by atoms with E-state index in [1.807, 2.05) is 13.8 Å². The normalized spacial score (nSPS) is 19.0. The van der Waals surface area contributed by atoms with E-state index in [2.05, 4.69) is 6.58 Å². The fraction of sp³-hybridized carbons (Fsp3) is 0.389. The van der Waals surface area contributed by atoms with Gasteiger partial charge in [0.1, 0.15) is 0 Å². The number of hydrogen-bond acceptors (Lipinski definition) is 10. The number of benzene rings is 2. The zero-order valence-electron chi connectivity index (χ0n) is 30.4. The van der Waals surface area contributed by atoms with Crippen LogP contribution in [0.4, 0.5) is 5.69 Å². The zero-order chi connectivity index (χ0) is 40.8. The molecule has 0 bridgehead atoms. The summed E-state index contributed by atoms with van der Waals surface area (Å²) in [5, 5.41) is 0. The van der Waals surface area contributed by atoms with Crippen molar-refractivity contribution >= 4 is 46.2 Å². The summed E-state index contributed by atoms with van der Waals surface area (Å²) < 4.78 is 138. The number of fused-ring (bicyclic) bond motifs is 1. The molecule has 4 N–H and O–H groups in total. The number of aryl methyl sites for hydroxylation is 1. The molecule has 0 fully saturated rings. The van der Waals surface area contributed by atoms with Crippen LogP contribution >= 0.6 is 0 Å². The summed E-state index contributed by atoms with van der Waals surface area (Å²) in [7, 11) is -16.2. The fourth-order valence-electron chi connectivity index (χ4n) is 6.53. The molecule has 298 valence electrons. The first-order valence-corrected chi connectivity index (χ1v) is 22.7. The number of rotatable bonds is 19. The van der Waals surface area contributed by atoms with Crippen molar-refractivity contribution in [1.29, 1.82) is 0 Å². The highest BCUT2D eigenvalue weighted by atomic mass is 32.2. The van der Waals surface area contributed by atoms with E-state index in [1.165, 1.54) is 30.3 Å². The van der Waals surface area contributed by atoms with Gasteiger partial charge >= 0.3 is 0 Å². The zero-order valence-corrected chi connectivity index (χ0v) is 33.7. The summed E-state index contributed by atoms with van der Waals surface area (Å²) in [4.78, 5) is 1.10. The third kappa shape index (κ3) is 11.8. The maximum atomic E-state index is 12.1. The van der Waals surface area contributed by atoms with E-state index in [4.69, 9.17) is 4.74 Å². The van der Waals surface area contributed by atoms with Crippen molar-refractivity contribution in [3.05, 3.63) is 113 Å². The van der Waals surface area contributed by atoms with Gasteiger partial charge in [-0.2, -0.15) is 33.7 Å². The topological polar surface area (TPSA) is 230 Å². The van der Waals surface area contributed by atoms with Crippen LogP contribution in [0.2, 0.25) is 0 Å². The molecule has 1 aliphatic heterocycles. The Kier molecular flexibility index (Phi) is 14.6. The molecule has 54 heavy (non-hydrogen) atoms. The summed E-state index contributed by atoms with van der Waals surface area (Å²) in [6, 6.07) is 8.30. The molecule has 2 aromatic rings. The molecule has 1 heterocycles. The Labute approximate surface area is 318 Å². The van der Waals surface area contributed by atoms with Gasteiger partial charge < -0.3 is 9.64 Å². The molecule has 0 aliphatic carbocycles. The van der Waals surface area contributed by atoms with E-state index in [0.29, 0.717) is 41.1 Å². The second kappa shape index (κ2) is 17.6. The summed E-state index contributed by atoms with van der Waals surface area (Å²) >= 11 is 0. The third-order valence-corrected chi connectivity index (χ3v) is 12.8. The monoisotopic (exact) mass is 829 g/mol. The molecule has 0 saturated carbocycles. The minimum absolute atomic E-state index is 0.0159. The van der Waals surface area contributed by atoms with Crippen LogP contribution in [-0.4, -0.2) is 83.6 Å². The van der Waals surface area contributed by atoms with Crippen molar-refractivity contribution in [3.8, 4) is 0 Å². The van der Waals surface area contributed by atoms with Gasteiger partial charge in [-0.25, -0.2) is 0 Å². The Morgan fingerprint density at radius 3 is 1.98 bits per heavy atom. The van der Waals surface area contributed by atoms with Crippen molar-refractivity contribution in [3.63, 3.8) is 0 Å². The second-order valence-electron chi connectivity index (χ2n) is 13.4. The lowest BCUT2D eigenvalue weighted by molar-refractivity contribution is 0.178. The van der Waals surface area contributed by atoms with Gasteiger partial charge in [0.2, 0.25) is 0 Å². The Hall–Kier alpha value is -3.46. The molecule has 2 unspecified atom stereocenters. The highest BCUT2D eigenvalue weighted by Crippen LogP contribution is 2.51. The van der Waals surface area contributed by atoms with Gasteiger partial charge in [0.25, 0.3) is 40.5 Å². The van der Waals surface area contributed by atoms with Crippen molar-refractivity contribution in [2.24, 2.45) is 0 Å².